The van der Waals surface area contributed by atoms with Gasteiger partial charge in [0.1, 0.15) is 6.54 Å². The quantitative estimate of drug-likeness (QED) is 0.750. The number of imidazole rings is 1. The lowest BCUT2D eigenvalue weighted by molar-refractivity contribution is -0.116. The normalized spacial score (nSPS) is 10.9. The second kappa shape index (κ2) is 6.57. The van der Waals surface area contributed by atoms with Crippen LogP contribution < -0.4 is 11.0 Å². The number of pyridine rings is 1. The van der Waals surface area contributed by atoms with E-state index in [1.54, 1.807) is 10.6 Å². The summed E-state index contributed by atoms with van der Waals surface area (Å²) < 4.78 is 3.10. The van der Waals surface area contributed by atoms with Gasteiger partial charge >= 0.3 is 5.69 Å². The minimum absolute atomic E-state index is 0.0767. The molecule has 2 heterocycles. The molecule has 3 aromatic rings. The molecule has 0 radical (unpaired) electrons. The highest BCUT2D eigenvalue weighted by Gasteiger charge is 2.15. The molecule has 0 spiro atoms. The van der Waals surface area contributed by atoms with Gasteiger partial charge in [-0.05, 0) is 30.7 Å². The van der Waals surface area contributed by atoms with Gasteiger partial charge in [-0.2, -0.15) is 0 Å². The lowest BCUT2D eigenvalue weighted by Crippen LogP contribution is -2.29. The van der Waals surface area contributed by atoms with Crippen LogP contribution in [0.1, 0.15) is 13.3 Å². The van der Waals surface area contributed by atoms with Crippen LogP contribution in [0.2, 0.25) is 0 Å². The third-order valence-corrected chi connectivity index (χ3v) is 3.72. The number of fused-ring (bicyclic) bond motifs is 1. The van der Waals surface area contributed by atoms with Crippen molar-refractivity contribution in [2.45, 2.75) is 26.4 Å². The highest BCUT2D eigenvalue weighted by molar-refractivity contribution is 5.91. The Hall–Kier alpha value is -3.09. The number of anilines is 1. The van der Waals surface area contributed by atoms with Crippen molar-refractivity contribution >= 4 is 22.8 Å². The molecule has 7 heteroatoms. The van der Waals surface area contributed by atoms with E-state index in [0.29, 0.717) is 12.1 Å². The van der Waals surface area contributed by atoms with Crippen molar-refractivity contribution in [3.8, 4) is 5.75 Å². The number of carbonyl (C=O) groups is 1. The number of aromatic nitrogens is 3. The summed E-state index contributed by atoms with van der Waals surface area (Å²) in [7, 11) is 0. The first-order valence-electron chi connectivity index (χ1n) is 7.73. The number of benzene rings is 1. The van der Waals surface area contributed by atoms with Crippen molar-refractivity contribution in [3.05, 3.63) is 53.1 Å². The molecule has 0 fully saturated rings. The molecule has 124 valence electrons. The van der Waals surface area contributed by atoms with Crippen molar-refractivity contribution in [2.24, 2.45) is 0 Å². The number of aryl methyl sites for hydroxylation is 1. The first-order chi connectivity index (χ1) is 11.6. The van der Waals surface area contributed by atoms with E-state index >= 15 is 0 Å². The maximum Gasteiger partial charge on any atom is 0.329 e. The maximum atomic E-state index is 12.6. The van der Waals surface area contributed by atoms with E-state index in [4.69, 9.17) is 0 Å². The molecule has 0 aliphatic rings. The predicted octanol–water partition coefficient (Wildman–Crippen LogP) is 1.95. The van der Waals surface area contributed by atoms with E-state index in [-0.39, 0.29) is 23.8 Å². The fourth-order valence-electron chi connectivity index (χ4n) is 2.67. The Morgan fingerprint density at radius 2 is 1.88 bits per heavy atom. The van der Waals surface area contributed by atoms with Crippen molar-refractivity contribution in [1.82, 2.24) is 14.1 Å². The summed E-state index contributed by atoms with van der Waals surface area (Å²) in [5.41, 5.74) is 1.28. The summed E-state index contributed by atoms with van der Waals surface area (Å²) in [6.45, 7) is 2.44. The average molecular weight is 326 g/mol. The summed E-state index contributed by atoms with van der Waals surface area (Å²) in [6, 6.07) is 10.4. The van der Waals surface area contributed by atoms with Crippen molar-refractivity contribution in [1.29, 1.82) is 0 Å². The molecule has 2 aromatic heterocycles. The number of aromatic hydroxyl groups is 1. The Kier molecular flexibility index (Phi) is 4.33. The first-order valence-corrected chi connectivity index (χ1v) is 7.73. The number of nitrogens with zero attached hydrogens (tertiary/aromatic N) is 3. The van der Waals surface area contributed by atoms with Crippen molar-refractivity contribution in [3.63, 3.8) is 0 Å². The zero-order valence-corrected chi connectivity index (χ0v) is 13.3. The van der Waals surface area contributed by atoms with Crippen LogP contribution in [-0.4, -0.2) is 25.1 Å². The number of hydrogen-bond donors (Lipinski definition) is 2. The predicted molar refractivity (Wildman–Crippen MR) is 91.0 cm³/mol. The average Bonchev–Trinajstić information content (AvgIpc) is 2.83. The highest BCUT2D eigenvalue weighted by Crippen LogP contribution is 2.18. The summed E-state index contributed by atoms with van der Waals surface area (Å²) in [4.78, 5) is 28.8. The van der Waals surface area contributed by atoms with Gasteiger partial charge in [-0.3, -0.25) is 13.9 Å². The topological polar surface area (TPSA) is 89.2 Å². The van der Waals surface area contributed by atoms with E-state index < -0.39 is 5.91 Å². The SMILES string of the molecule is CCCn1c(=O)n(CC(=O)Nc2ncccc2O)c2ccccc21. The van der Waals surface area contributed by atoms with Crippen molar-refractivity contribution < 1.29 is 9.90 Å². The summed E-state index contributed by atoms with van der Waals surface area (Å²) in [6.07, 6.45) is 2.29. The number of para-hydroxylation sites is 2. The Morgan fingerprint density at radius 1 is 1.17 bits per heavy atom. The number of carbonyl (C=O) groups excluding carboxylic acids is 1. The van der Waals surface area contributed by atoms with Gasteiger partial charge in [0, 0.05) is 12.7 Å². The molecule has 24 heavy (non-hydrogen) atoms. The van der Waals surface area contributed by atoms with Crippen LogP contribution in [0.3, 0.4) is 0 Å². The van der Waals surface area contributed by atoms with Crippen LogP contribution in [0.25, 0.3) is 11.0 Å². The van der Waals surface area contributed by atoms with E-state index in [9.17, 15) is 14.7 Å². The molecule has 0 bridgehead atoms. The molecular formula is C17H18N4O3. The fraction of sp³-hybridized carbons (Fsp3) is 0.235. The molecule has 1 amide bonds. The lowest BCUT2D eigenvalue weighted by Gasteiger charge is -2.06. The number of hydrogen-bond acceptors (Lipinski definition) is 4. The second-order valence-electron chi connectivity index (χ2n) is 5.43. The third kappa shape index (κ3) is 2.88. The zero-order valence-electron chi connectivity index (χ0n) is 13.3. The van der Waals surface area contributed by atoms with Crippen molar-refractivity contribution in [2.75, 3.05) is 5.32 Å². The molecule has 0 saturated heterocycles. The monoisotopic (exact) mass is 326 g/mol. The number of amides is 1. The molecule has 3 rings (SSSR count). The Bertz CT molecular complexity index is 942. The van der Waals surface area contributed by atoms with E-state index in [2.05, 4.69) is 10.3 Å². The van der Waals surface area contributed by atoms with Gasteiger partial charge in [0.15, 0.2) is 11.6 Å². The fourth-order valence-corrected chi connectivity index (χ4v) is 2.67. The van der Waals surface area contributed by atoms with E-state index in [0.717, 1.165) is 11.9 Å². The van der Waals surface area contributed by atoms with Crippen LogP contribution in [0.4, 0.5) is 5.82 Å². The molecule has 0 atom stereocenters. The summed E-state index contributed by atoms with van der Waals surface area (Å²) in [5, 5.41) is 12.2. The molecule has 0 saturated carbocycles. The molecule has 0 unspecified atom stereocenters. The number of nitrogens with one attached hydrogen (secondary N) is 1. The van der Waals surface area contributed by atoms with Crippen LogP contribution in [0, 0.1) is 0 Å². The third-order valence-electron chi connectivity index (χ3n) is 3.72. The smallest absolute Gasteiger partial charge is 0.329 e. The summed E-state index contributed by atoms with van der Waals surface area (Å²) >= 11 is 0. The minimum Gasteiger partial charge on any atom is -0.504 e. The van der Waals surface area contributed by atoms with Gasteiger partial charge in [-0.1, -0.05) is 19.1 Å². The van der Waals surface area contributed by atoms with E-state index in [1.807, 2.05) is 31.2 Å². The molecule has 0 aliphatic carbocycles. The lowest BCUT2D eigenvalue weighted by atomic mass is 10.3. The molecule has 0 aliphatic heterocycles. The largest absolute Gasteiger partial charge is 0.504 e. The molecule has 2 N–H and O–H groups in total. The molecular weight excluding hydrogens is 308 g/mol. The molecule has 1 aromatic carbocycles. The maximum absolute atomic E-state index is 12.6. The van der Waals surface area contributed by atoms with Gasteiger partial charge in [0.25, 0.3) is 0 Å². The Morgan fingerprint density at radius 3 is 2.54 bits per heavy atom. The van der Waals surface area contributed by atoms with E-state index in [1.165, 1.54) is 16.8 Å². The van der Waals surface area contributed by atoms with Crippen LogP contribution in [0.5, 0.6) is 5.75 Å². The summed E-state index contributed by atoms with van der Waals surface area (Å²) in [5.74, 6) is -0.468. The standard InChI is InChI=1S/C17H18N4O3/c1-2-10-20-12-6-3-4-7-13(12)21(17(20)24)11-15(23)19-16-14(22)8-5-9-18-16/h3-9,22H,2,10-11H2,1H3,(H,18,19,23). The van der Waals surface area contributed by atoms with Gasteiger partial charge in [-0.15, -0.1) is 0 Å². The minimum atomic E-state index is -0.425. The van der Waals surface area contributed by atoms with Crippen LogP contribution in [0.15, 0.2) is 47.4 Å². The van der Waals surface area contributed by atoms with Gasteiger partial charge in [0.2, 0.25) is 5.91 Å². The Balaban J connectivity index is 1.93. The zero-order chi connectivity index (χ0) is 17.1. The van der Waals surface area contributed by atoms with Gasteiger partial charge in [0.05, 0.1) is 11.0 Å². The van der Waals surface area contributed by atoms with Gasteiger partial charge in [-0.25, -0.2) is 9.78 Å². The van der Waals surface area contributed by atoms with Gasteiger partial charge < -0.3 is 10.4 Å². The second-order valence-corrected chi connectivity index (χ2v) is 5.43. The van der Waals surface area contributed by atoms with Crippen LogP contribution >= 0.6 is 0 Å². The number of rotatable bonds is 5. The van der Waals surface area contributed by atoms with Crippen LogP contribution in [-0.2, 0) is 17.9 Å². The first kappa shape index (κ1) is 15.8. The molecule has 7 nitrogen and oxygen atoms in total. The highest BCUT2D eigenvalue weighted by atomic mass is 16.3. The Labute approximate surface area is 138 Å².